The van der Waals surface area contributed by atoms with Crippen molar-refractivity contribution in [2.75, 3.05) is 26.2 Å². The summed E-state index contributed by atoms with van der Waals surface area (Å²) in [5.41, 5.74) is 0.214. The second kappa shape index (κ2) is 5.06. The first-order valence-electron chi connectivity index (χ1n) is 5.69. The lowest BCUT2D eigenvalue weighted by Crippen LogP contribution is -2.44. The van der Waals surface area contributed by atoms with Gasteiger partial charge in [-0.05, 0) is 13.0 Å². The molecule has 1 atom stereocenters. The third-order valence-electron chi connectivity index (χ3n) is 3.19. The molecule has 5 heteroatoms. The van der Waals surface area contributed by atoms with Crippen LogP contribution in [0, 0.1) is 17.5 Å². The minimum atomic E-state index is -1.14. The van der Waals surface area contributed by atoms with Crippen molar-refractivity contribution in [1.82, 2.24) is 10.2 Å². The standard InChI is InChI=1S/C12H15F3N2/c1-8(17-4-2-16-3-5-17)9-6-11(14)12(15)7-10(9)13/h6-8,16H,2-5H2,1H3/t8-/m0/s1. The summed E-state index contributed by atoms with van der Waals surface area (Å²) >= 11 is 0. The van der Waals surface area contributed by atoms with Crippen molar-refractivity contribution in [3.63, 3.8) is 0 Å². The van der Waals surface area contributed by atoms with Crippen LogP contribution >= 0.6 is 0 Å². The van der Waals surface area contributed by atoms with Crippen LogP contribution in [-0.4, -0.2) is 31.1 Å². The van der Waals surface area contributed by atoms with E-state index in [2.05, 4.69) is 5.32 Å². The average Bonchev–Trinajstić information content (AvgIpc) is 2.34. The zero-order valence-corrected chi connectivity index (χ0v) is 9.64. The number of benzene rings is 1. The van der Waals surface area contributed by atoms with Crippen molar-refractivity contribution in [2.45, 2.75) is 13.0 Å². The fraction of sp³-hybridized carbons (Fsp3) is 0.500. The molecule has 0 unspecified atom stereocenters. The quantitative estimate of drug-likeness (QED) is 0.801. The van der Waals surface area contributed by atoms with Gasteiger partial charge in [0.2, 0.25) is 0 Å². The molecule has 0 bridgehead atoms. The fourth-order valence-corrected chi connectivity index (χ4v) is 2.12. The van der Waals surface area contributed by atoms with Gasteiger partial charge in [-0.1, -0.05) is 0 Å². The van der Waals surface area contributed by atoms with Gasteiger partial charge in [0.05, 0.1) is 0 Å². The Morgan fingerprint density at radius 2 is 1.65 bits per heavy atom. The lowest BCUT2D eigenvalue weighted by Gasteiger charge is -2.33. The molecule has 17 heavy (non-hydrogen) atoms. The second-order valence-corrected chi connectivity index (χ2v) is 4.25. The molecule has 1 aliphatic rings. The Kier molecular flexibility index (Phi) is 3.69. The predicted octanol–water partition coefficient (Wildman–Crippen LogP) is 2.07. The number of halogens is 3. The Morgan fingerprint density at radius 3 is 2.29 bits per heavy atom. The largest absolute Gasteiger partial charge is 0.314 e. The molecule has 1 heterocycles. The number of piperazine rings is 1. The van der Waals surface area contributed by atoms with Crippen LogP contribution in [0.3, 0.4) is 0 Å². The maximum atomic E-state index is 13.6. The molecule has 0 saturated carbocycles. The van der Waals surface area contributed by atoms with Crippen molar-refractivity contribution in [3.05, 3.63) is 35.1 Å². The number of rotatable bonds is 2. The fourth-order valence-electron chi connectivity index (χ4n) is 2.12. The maximum absolute atomic E-state index is 13.6. The van der Waals surface area contributed by atoms with Crippen LogP contribution < -0.4 is 5.32 Å². The number of nitrogens with zero attached hydrogens (tertiary/aromatic N) is 1. The van der Waals surface area contributed by atoms with Crippen molar-refractivity contribution in [3.8, 4) is 0 Å². The van der Waals surface area contributed by atoms with Crippen LogP contribution in [0.1, 0.15) is 18.5 Å². The molecular formula is C12H15F3N2. The van der Waals surface area contributed by atoms with E-state index in [0.29, 0.717) is 6.07 Å². The van der Waals surface area contributed by atoms with Gasteiger partial charge < -0.3 is 5.32 Å². The lowest BCUT2D eigenvalue weighted by atomic mass is 10.1. The van der Waals surface area contributed by atoms with Gasteiger partial charge in [-0.25, -0.2) is 13.2 Å². The van der Waals surface area contributed by atoms with E-state index in [-0.39, 0.29) is 11.6 Å². The van der Waals surface area contributed by atoms with Crippen LogP contribution in [0.2, 0.25) is 0 Å². The topological polar surface area (TPSA) is 15.3 Å². The Morgan fingerprint density at radius 1 is 1.06 bits per heavy atom. The zero-order chi connectivity index (χ0) is 12.4. The highest BCUT2D eigenvalue weighted by molar-refractivity contribution is 5.23. The third-order valence-corrected chi connectivity index (χ3v) is 3.19. The van der Waals surface area contributed by atoms with Gasteiger partial charge in [0, 0.05) is 43.9 Å². The van der Waals surface area contributed by atoms with E-state index >= 15 is 0 Å². The Balaban J connectivity index is 2.23. The second-order valence-electron chi connectivity index (χ2n) is 4.25. The first-order valence-corrected chi connectivity index (χ1v) is 5.69. The van der Waals surface area contributed by atoms with Crippen LogP contribution in [0.5, 0.6) is 0 Å². The number of hydrogen-bond donors (Lipinski definition) is 1. The third kappa shape index (κ3) is 2.61. The smallest absolute Gasteiger partial charge is 0.161 e. The summed E-state index contributed by atoms with van der Waals surface area (Å²) in [6.07, 6.45) is 0. The molecule has 1 aromatic rings. The average molecular weight is 244 g/mol. The lowest BCUT2D eigenvalue weighted by molar-refractivity contribution is 0.182. The highest BCUT2D eigenvalue weighted by Gasteiger charge is 2.22. The molecule has 0 aliphatic carbocycles. The molecule has 94 valence electrons. The van der Waals surface area contributed by atoms with Gasteiger partial charge in [0.1, 0.15) is 5.82 Å². The van der Waals surface area contributed by atoms with E-state index < -0.39 is 17.5 Å². The summed E-state index contributed by atoms with van der Waals surface area (Å²) in [6.45, 7) is 5.02. The molecule has 1 fully saturated rings. The van der Waals surface area contributed by atoms with Crippen molar-refractivity contribution < 1.29 is 13.2 Å². The first-order chi connectivity index (χ1) is 8.09. The Bertz CT molecular complexity index is 403. The van der Waals surface area contributed by atoms with Crippen LogP contribution in [0.4, 0.5) is 13.2 Å². The van der Waals surface area contributed by atoms with Gasteiger partial charge in [0.15, 0.2) is 11.6 Å². The van der Waals surface area contributed by atoms with E-state index in [0.717, 1.165) is 32.2 Å². The monoisotopic (exact) mass is 244 g/mol. The SMILES string of the molecule is C[C@@H](c1cc(F)c(F)cc1F)N1CCNCC1. The molecule has 1 aromatic carbocycles. The van der Waals surface area contributed by atoms with Gasteiger partial charge in [-0.2, -0.15) is 0 Å². The normalized spacial score (nSPS) is 19.3. The van der Waals surface area contributed by atoms with Gasteiger partial charge in [-0.15, -0.1) is 0 Å². The minimum absolute atomic E-state index is 0.214. The molecule has 2 rings (SSSR count). The predicted molar refractivity (Wildman–Crippen MR) is 59.2 cm³/mol. The first kappa shape index (κ1) is 12.4. The van der Waals surface area contributed by atoms with Crippen LogP contribution in [0.15, 0.2) is 12.1 Å². The summed E-state index contributed by atoms with van der Waals surface area (Å²) in [4.78, 5) is 2.05. The van der Waals surface area contributed by atoms with Gasteiger partial charge >= 0.3 is 0 Å². The van der Waals surface area contributed by atoms with Crippen molar-refractivity contribution >= 4 is 0 Å². The van der Waals surface area contributed by atoms with E-state index in [4.69, 9.17) is 0 Å². The summed E-state index contributed by atoms with van der Waals surface area (Å²) in [5.74, 6) is -2.82. The molecule has 0 spiro atoms. The highest BCUT2D eigenvalue weighted by atomic mass is 19.2. The molecule has 1 saturated heterocycles. The van der Waals surface area contributed by atoms with Crippen molar-refractivity contribution in [2.24, 2.45) is 0 Å². The molecule has 0 radical (unpaired) electrons. The summed E-state index contributed by atoms with van der Waals surface area (Å²) in [7, 11) is 0. The van der Waals surface area contributed by atoms with Crippen LogP contribution in [0.25, 0.3) is 0 Å². The summed E-state index contributed by atoms with van der Waals surface area (Å²) < 4.78 is 39.5. The van der Waals surface area contributed by atoms with E-state index in [1.165, 1.54) is 0 Å². The summed E-state index contributed by atoms with van der Waals surface area (Å²) in [5, 5.41) is 3.19. The number of nitrogens with one attached hydrogen (secondary N) is 1. The molecule has 0 amide bonds. The maximum Gasteiger partial charge on any atom is 0.161 e. The molecule has 0 aromatic heterocycles. The zero-order valence-electron chi connectivity index (χ0n) is 9.64. The Labute approximate surface area is 98.4 Å². The van der Waals surface area contributed by atoms with Crippen molar-refractivity contribution in [1.29, 1.82) is 0 Å². The van der Waals surface area contributed by atoms with Gasteiger partial charge in [-0.3, -0.25) is 4.90 Å². The van der Waals surface area contributed by atoms with Crippen LogP contribution in [-0.2, 0) is 0 Å². The minimum Gasteiger partial charge on any atom is -0.314 e. The molecule has 1 aliphatic heterocycles. The molecule has 2 nitrogen and oxygen atoms in total. The van der Waals surface area contributed by atoms with E-state index in [1.54, 1.807) is 6.92 Å². The summed E-state index contributed by atoms with van der Waals surface area (Å²) in [6, 6.07) is 1.33. The Hall–Kier alpha value is -1.07. The molecular weight excluding hydrogens is 229 g/mol. The highest BCUT2D eigenvalue weighted by Crippen LogP contribution is 2.25. The van der Waals surface area contributed by atoms with E-state index in [1.807, 2.05) is 4.90 Å². The number of hydrogen-bond acceptors (Lipinski definition) is 2. The molecule has 1 N–H and O–H groups in total. The van der Waals surface area contributed by atoms with E-state index in [9.17, 15) is 13.2 Å². The van der Waals surface area contributed by atoms with Gasteiger partial charge in [0.25, 0.3) is 0 Å².